The van der Waals surface area contributed by atoms with E-state index < -0.39 is 0 Å². The van der Waals surface area contributed by atoms with Crippen molar-refractivity contribution in [3.8, 4) is 0 Å². The van der Waals surface area contributed by atoms with Crippen molar-refractivity contribution in [2.45, 2.75) is 26.2 Å². The average molecular weight is 310 g/mol. The van der Waals surface area contributed by atoms with Crippen LogP contribution in [0.1, 0.15) is 29.7 Å². The molecule has 2 rings (SSSR count). The van der Waals surface area contributed by atoms with Gasteiger partial charge in [-0.25, -0.2) is 0 Å². The second kappa shape index (κ2) is 8.93. The number of aromatic nitrogens is 1. The Kier molecular flexibility index (Phi) is 6.60. The van der Waals surface area contributed by atoms with Gasteiger partial charge in [0.05, 0.1) is 0 Å². The Hall–Kier alpha value is -2.36. The SMILES string of the molecule is CN=C(NCCc1ccccn1)NCC(C)c1ccc(C)cc1. The molecule has 0 aliphatic heterocycles. The minimum atomic E-state index is 0.435. The Morgan fingerprint density at radius 2 is 1.91 bits per heavy atom. The maximum Gasteiger partial charge on any atom is 0.191 e. The third-order valence-corrected chi connectivity index (χ3v) is 3.85. The zero-order valence-corrected chi connectivity index (χ0v) is 14.2. The van der Waals surface area contributed by atoms with E-state index in [0.717, 1.165) is 31.2 Å². The van der Waals surface area contributed by atoms with E-state index in [1.807, 2.05) is 24.4 Å². The van der Waals surface area contributed by atoms with Gasteiger partial charge in [-0.2, -0.15) is 0 Å². The lowest BCUT2D eigenvalue weighted by molar-refractivity contribution is 0.696. The zero-order chi connectivity index (χ0) is 16.5. The quantitative estimate of drug-likeness (QED) is 0.637. The molecule has 0 saturated heterocycles. The highest BCUT2D eigenvalue weighted by Gasteiger charge is 2.06. The average Bonchev–Trinajstić information content (AvgIpc) is 2.59. The van der Waals surface area contributed by atoms with Gasteiger partial charge in [0.1, 0.15) is 0 Å². The number of pyridine rings is 1. The number of aryl methyl sites for hydroxylation is 1. The largest absolute Gasteiger partial charge is 0.356 e. The number of nitrogens with one attached hydrogen (secondary N) is 2. The topological polar surface area (TPSA) is 49.3 Å². The van der Waals surface area contributed by atoms with Crippen molar-refractivity contribution >= 4 is 5.96 Å². The van der Waals surface area contributed by atoms with Gasteiger partial charge in [0.2, 0.25) is 0 Å². The van der Waals surface area contributed by atoms with Crippen molar-refractivity contribution in [1.29, 1.82) is 0 Å². The smallest absolute Gasteiger partial charge is 0.191 e. The molecule has 23 heavy (non-hydrogen) atoms. The fourth-order valence-electron chi connectivity index (χ4n) is 2.34. The fraction of sp³-hybridized carbons (Fsp3) is 0.368. The van der Waals surface area contributed by atoms with Crippen molar-refractivity contribution in [3.63, 3.8) is 0 Å². The highest BCUT2D eigenvalue weighted by atomic mass is 15.2. The minimum absolute atomic E-state index is 0.435. The number of benzene rings is 1. The normalized spacial score (nSPS) is 12.7. The molecule has 1 atom stereocenters. The van der Waals surface area contributed by atoms with Crippen molar-refractivity contribution in [3.05, 3.63) is 65.5 Å². The predicted octanol–water partition coefficient (Wildman–Crippen LogP) is 2.90. The third kappa shape index (κ3) is 5.74. The van der Waals surface area contributed by atoms with Crippen LogP contribution in [0.4, 0.5) is 0 Å². The Balaban J connectivity index is 1.75. The number of hydrogen-bond donors (Lipinski definition) is 2. The Labute approximate surface area is 139 Å². The Morgan fingerprint density at radius 3 is 2.57 bits per heavy atom. The molecule has 1 aromatic heterocycles. The molecular weight excluding hydrogens is 284 g/mol. The summed E-state index contributed by atoms with van der Waals surface area (Å²) in [7, 11) is 1.80. The van der Waals surface area contributed by atoms with Gasteiger partial charge < -0.3 is 10.6 Å². The molecule has 1 aromatic carbocycles. The van der Waals surface area contributed by atoms with Gasteiger partial charge >= 0.3 is 0 Å². The summed E-state index contributed by atoms with van der Waals surface area (Å²) in [5.74, 6) is 1.27. The molecule has 0 amide bonds. The van der Waals surface area contributed by atoms with E-state index in [9.17, 15) is 0 Å². The number of aliphatic imine (C=N–C) groups is 1. The summed E-state index contributed by atoms with van der Waals surface area (Å²) in [6, 6.07) is 14.7. The highest BCUT2D eigenvalue weighted by molar-refractivity contribution is 5.79. The molecule has 0 aliphatic rings. The van der Waals surface area contributed by atoms with Gasteiger partial charge in [0.15, 0.2) is 5.96 Å². The molecule has 1 heterocycles. The van der Waals surface area contributed by atoms with Crippen LogP contribution in [0.2, 0.25) is 0 Å². The molecule has 4 heteroatoms. The molecule has 4 nitrogen and oxygen atoms in total. The molecule has 2 aromatic rings. The Bertz CT molecular complexity index is 605. The summed E-state index contributed by atoms with van der Waals surface area (Å²) in [5.41, 5.74) is 3.72. The van der Waals surface area contributed by atoms with Gasteiger partial charge in [0, 0.05) is 38.4 Å². The van der Waals surface area contributed by atoms with E-state index in [1.54, 1.807) is 7.05 Å². The number of rotatable bonds is 6. The van der Waals surface area contributed by atoms with E-state index in [0.29, 0.717) is 5.92 Å². The summed E-state index contributed by atoms with van der Waals surface area (Å²) in [4.78, 5) is 8.60. The van der Waals surface area contributed by atoms with Crippen molar-refractivity contribution < 1.29 is 0 Å². The first-order chi connectivity index (χ1) is 11.2. The van der Waals surface area contributed by atoms with E-state index in [4.69, 9.17) is 0 Å². The van der Waals surface area contributed by atoms with Crippen molar-refractivity contribution in [2.24, 2.45) is 4.99 Å². The molecule has 0 saturated carbocycles. The van der Waals surface area contributed by atoms with Crippen LogP contribution in [0.5, 0.6) is 0 Å². The van der Waals surface area contributed by atoms with Crippen LogP contribution in [0.3, 0.4) is 0 Å². The maximum absolute atomic E-state index is 4.32. The second-order valence-corrected chi connectivity index (χ2v) is 5.76. The summed E-state index contributed by atoms with van der Waals surface area (Å²) < 4.78 is 0. The molecule has 122 valence electrons. The first kappa shape index (κ1) is 17.0. The van der Waals surface area contributed by atoms with Gasteiger partial charge in [0.25, 0.3) is 0 Å². The van der Waals surface area contributed by atoms with E-state index >= 15 is 0 Å². The number of hydrogen-bond acceptors (Lipinski definition) is 2. The molecule has 0 radical (unpaired) electrons. The lowest BCUT2D eigenvalue weighted by atomic mass is 10.0. The second-order valence-electron chi connectivity index (χ2n) is 5.76. The monoisotopic (exact) mass is 310 g/mol. The molecule has 0 spiro atoms. The molecule has 0 fully saturated rings. The number of guanidine groups is 1. The van der Waals surface area contributed by atoms with E-state index in [-0.39, 0.29) is 0 Å². The molecular formula is C19H26N4. The third-order valence-electron chi connectivity index (χ3n) is 3.85. The van der Waals surface area contributed by atoms with E-state index in [2.05, 4.69) is 58.7 Å². The molecule has 1 unspecified atom stereocenters. The summed E-state index contributed by atoms with van der Waals surface area (Å²) >= 11 is 0. The lowest BCUT2D eigenvalue weighted by Gasteiger charge is -2.16. The predicted molar refractivity (Wildman–Crippen MR) is 96.9 cm³/mol. The van der Waals surface area contributed by atoms with Crippen LogP contribution in [0.25, 0.3) is 0 Å². The van der Waals surface area contributed by atoms with Gasteiger partial charge in [-0.05, 0) is 30.5 Å². The lowest BCUT2D eigenvalue weighted by Crippen LogP contribution is -2.40. The summed E-state index contributed by atoms with van der Waals surface area (Å²) in [6.45, 7) is 6.00. The molecule has 0 bridgehead atoms. The fourth-order valence-corrected chi connectivity index (χ4v) is 2.34. The van der Waals surface area contributed by atoms with Crippen molar-refractivity contribution in [1.82, 2.24) is 15.6 Å². The highest BCUT2D eigenvalue weighted by Crippen LogP contribution is 2.14. The Morgan fingerprint density at radius 1 is 1.13 bits per heavy atom. The first-order valence-corrected chi connectivity index (χ1v) is 8.10. The van der Waals surface area contributed by atoms with Crippen molar-refractivity contribution in [2.75, 3.05) is 20.1 Å². The van der Waals surface area contributed by atoms with Crippen LogP contribution in [0, 0.1) is 6.92 Å². The number of nitrogens with zero attached hydrogens (tertiary/aromatic N) is 2. The van der Waals surface area contributed by atoms with Gasteiger partial charge in [-0.3, -0.25) is 9.98 Å². The van der Waals surface area contributed by atoms with Crippen LogP contribution in [-0.2, 0) is 6.42 Å². The van der Waals surface area contributed by atoms with Crippen LogP contribution >= 0.6 is 0 Å². The standard InChI is InChI=1S/C19H26N4/c1-15-7-9-17(10-8-15)16(2)14-23-19(20-3)22-13-11-18-6-4-5-12-21-18/h4-10,12,16H,11,13-14H2,1-3H3,(H2,20,22,23). The van der Waals surface area contributed by atoms with Crippen LogP contribution in [-0.4, -0.2) is 31.1 Å². The van der Waals surface area contributed by atoms with Gasteiger partial charge in [-0.15, -0.1) is 0 Å². The van der Waals surface area contributed by atoms with Crippen LogP contribution < -0.4 is 10.6 Å². The first-order valence-electron chi connectivity index (χ1n) is 8.10. The molecule has 2 N–H and O–H groups in total. The van der Waals surface area contributed by atoms with E-state index in [1.165, 1.54) is 11.1 Å². The summed E-state index contributed by atoms with van der Waals surface area (Å²) in [6.07, 6.45) is 2.71. The minimum Gasteiger partial charge on any atom is -0.356 e. The summed E-state index contributed by atoms with van der Waals surface area (Å²) in [5, 5.41) is 6.72. The molecule has 0 aliphatic carbocycles. The maximum atomic E-state index is 4.32. The van der Waals surface area contributed by atoms with Gasteiger partial charge in [-0.1, -0.05) is 42.8 Å². The zero-order valence-electron chi connectivity index (χ0n) is 14.2. The van der Waals surface area contributed by atoms with Crippen LogP contribution in [0.15, 0.2) is 53.7 Å².